The predicted octanol–water partition coefficient (Wildman–Crippen LogP) is 4.60. The highest BCUT2D eigenvalue weighted by Crippen LogP contribution is 2.44. The highest BCUT2D eigenvalue weighted by atomic mass is 16.5. The fourth-order valence-electron chi connectivity index (χ4n) is 5.97. The Kier molecular flexibility index (Phi) is 6.50. The van der Waals surface area contributed by atoms with E-state index in [0.29, 0.717) is 19.3 Å². The average Bonchev–Trinajstić information content (AvgIpc) is 3.15. The molecule has 2 aromatic carbocycles. The quantitative estimate of drug-likeness (QED) is 0.542. The molecule has 0 aliphatic heterocycles. The van der Waals surface area contributed by atoms with Crippen LogP contribution in [0.15, 0.2) is 48.5 Å². The van der Waals surface area contributed by atoms with E-state index in [-0.39, 0.29) is 36.8 Å². The molecule has 35 heavy (non-hydrogen) atoms. The maximum atomic E-state index is 12.9. The molecule has 2 atom stereocenters. The number of carboxylic acids is 1. The van der Waals surface area contributed by atoms with Gasteiger partial charge in [-0.15, -0.1) is 0 Å². The van der Waals surface area contributed by atoms with Gasteiger partial charge in [-0.25, -0.2) is 4.79 Å². The first kappa shape index (κ1) is 23.4. The summed E-state index contributed by atoms with van der Waals surface area (Å²) in [5, 5.41) is 15.2. The van der Waals surface area contributed by atoms with Crippen LogP contribution in [0.3, 0.4) is 0 Å². The first-order valence-electron chi connectivity index (χ1n) is 12.6. The largest absolute Gasteiger partial charge is 0.481 e. The highest BCUT2D eigenvalue weighted by molar-refractivity contribution is 5.81. The van der Waals surface area contributed by atoms with Crippen molar-refractivity contribution in [2.75, 3.05) is 6.61 Å². The van der Waals surface area contributed by atoms with Gasteiger partial charge < -0.3 is 20.5 Å². The number of fused-ring (bicyclic) bond motifs is 3. The van der Waals surface area contributed by atoms with Crippen LogP contribution in [0.1, 0.15) is 68.4 Å². The molecule has 0 radical (unpaired) electrons. The lowest BCUT2D eigenvalue weighted by atomic mass is 9.73. The third-order valence-corrected chi connectivity index (χ3v) is 7.90. The van der Waals surface area contributed by atoms with E-state index in [1.165, 1.54) is 22.3 Å². The van der Waals surface area contributed by atoms with E-state index < -0.39 is 17.6 Å². The molecular formula is C28H32N2O5. The van der Waals surface area contributed by atoms with Gasteiger partial charge in [0.05, 0.1) is 12.0 Å². The Labute approximate surface area is 205 Å². The number of benzene rings is 2. The summed E-state index contributed by atoms with van der Waals surface area (Å²) in [6.45, 7) is 0.258. The molecule has 2 saturated carbocycles. The molecule has 3 N–H and O–H groups in total. The number of alkyl carbamates (subject to hydrolysis) is 1. The molecule has 184 valence electrons. The predicted molar refractivity (Wildman–Crippen MR) is 131 cm³/mol. The molecule has 7 heteroatoms. The number of aliphatic carboxylic acids is 1. The zero-order valence-electron chi connectivity index (χ0n) is 19.8. The summed E-state index contributed by atoms with van der Waals surface area (Å²) in [6.07, 6.45) is 4.78. The highest BCUT2D eigenvalue weighted by Gasteiger charge is 2.42. The van der Waals surface area contributed by atoms with Crippen molar-refractivity contribution in [2.24, 2.45) is 5.92 Å². The van der Waals surface area contributed by atoms with Gasteiger partial charge in [-0.1, -0.05) is 55.0 Å². The third kappa shape index (κ3) is 4.90. The van der Waals surface area contributed by atoms with Crippen molar-refractivity contribution in [3.8, 4) is 11.1 Å². The Morgan fingerprint density at radius 2 is 1.60 bits per heavy atom. The fourth-order valence-corrected chi connectivity index (χ4v) is 5.97. The number of rotatable bonds is 7. The Morgan fingerprint density at radius 1 is 0.943 bits per heavy atom. The Hall–Kier alpha value is -3.35. The van der Waals surface area contributed by atoms with Crippen molar-refractivity contribution in [2.45, 2.75) is 68.9 Å². The molecule has 0 unspecified atom stereocenters. The van der Waals surface area contributed by atoms with Crippen LogP contribution >= 0.6 is 0 Å². The molecule has 2 aromatic rings. The summed E-state index contributed by atoms with van der Waals surface area (Å²) in [5.74, 6) is -1.20. The maximum Gasteiger partial charge on any atom is 0.407 e. The number of carboxylic acid groups (broad SMARTS) is 1. The van der Waals surface area contributed by atoms with Gasteiger partial charge in [0, 0.05) is 17.9 Å². The molecule has 0 bridgehead atoms. The van der Waals surface area contributed by atoms with Gasteiger partial charge in [-0.3, -0.25) is 9.59 Å². The van der Waals surface area contributed by atoms with Crippen LogP contribution in [0, 0.1) is 5.92 Å². The molecule has 2 fully saturated rings. The van der Waals surface area contributed by atoms with Crippen LogP contribution in [-0.2, 0) is 14.3 Å². The molecule has 5 rings (SSSR count). The molecule has 0 spiro atoms. The summed E-state index contributed by atoms with van der Waals surface area (Å²) < 4.78 is 5.67. The van der Waals surface area contributed by atoms with Crippen molar-refractivity contribution in [3.63, 3.8) is 0 Å². The molecular weight excluding hydrogens is 444 g/mol. The minimum Gasteiger partial charge on any atom is -0.481 e. The topological polar surface area (TPSA) is 105 Å². The lowest BCUT2D eigenvalue weighted by Gasteiger charge is -2.43. The van der Waals surface area contributed by atoms with E-state index in [0.717, 1.165) is 25.7 Å². The monoisotopic (exact) mass is 476 g/mol. The number of hydrogen-bond acceptors (Lipinski definition) is 4. The van der Waals surface area contributed by atoms with Gasteiger partial charge in [-0.2, -0.15) is 0 Å². The van der Waals surface area contributed by atoms with Gasteiger partial charge in [0.15, 0.2) is 0 Å². The van der Waals surface area contributed by atoms with Gasteiger partial charge >= 0.3 is 12.1 Å². The lowest BCUT2D eigenvalue weighted by molar-refractivity contribution is -0.141. The average molecular weight is 477 g/mol. The maximum absolute atomic E-state index is 12.9. The second kappa shape index (κ2) is 9.72. The molecule has 0 saturated heterocycles. The van der Waals surface area contributed by atoms with Crippen LogP contribution in [-0.4, -0.2) is 41.3 Å². The second-order valence-electron chi connectivity index (χ2n) is 10.2. The number of amides is 2. The standard InChI is InChI=1S/C28H32N2O5/c31-25(32)16-28(13-6-14-28)30-26(33)18-7-5-8-19(15-18)29-27(34)35-17-24-22-11-3-1-9-20(22)21-10-2-4-12-23(21)24/h1-4,9-12,18-19,24H,5-8,13-17H2,(H,29,34)(H,30,33)(H,31,32)/t18-,19-/m1/s1. The number of nitrogens with one attached hydrogen (secondary N) is 2. The van der Waals surface area contributed by atoms with Crippen LogP contribution in [0.25, 0.3) is 11.1 Å². The summed E-state index contributed by atoms with van der Waals surface area (Å²) in [4.78, 5) is 36.8. The number of hydrogen-bond donors (Lipinski definition) is 3. The fraction of sp³-hybridized carbons (Fsp3) is 0.464. The Bertz CT molecular complexity index is 1080. The van der Waals surface area contributed by atoms with Crippen LogP contribution in [0.4, 0.5) is 4.79 Å². The third-order valence-electron chi connectivity index (χ3n) is 7.90. The number of carbonyl (C=O) groups is 3. The minimum absolute atomic E-state index is 0.00549. The molecule has 2 amide bonds. The summed E-state index contributed by atoms with van der Waals surface area (Å²) in [6, 6.07) is 16.3. The van der Waals surface area contributed by atoms with Crippen molar-refractivity contribution in [1.82, 2.24) is 10.6 Å². The van der Waals surface area contributed by atoms with E-state index >= 15 is 0 Å². The van der Waals surface area contributed by atoms with E-state index in [1.807, 2.05) is 24.3 Å². The van der Waals surface area contributed by atoms with Gasteiger partial charge in [0.25, 0.3) is 0 Å². The first-order valence-corrected chi connectivity index (χ1v) is 12.6. The van der Waals surface area contributed by atoms with Gasteiger partial charge in [-0.05, 0) is 60.8 Å². The van der Waals surface area contributed by atoms with E-state index in [9.17, 15) is 19.5 Å². The normalized spacial score (nSPS) is 22.3. The zero-order valence-corrected chi connectivity index (χ0v) is 19.8. The van der Waals surface area contributed by atoms with Gasteiger partial charge in [0.1, 0.15) is 6.61 Å². The summed E-state index contributed by atoms with van der Waals surface area (Å²) in [5.41, 5.74) is 4.11. The summed E-state index contributed by atoms with van der Waals surface area (Å²) in [7, 11) is 0. The van der Waals surface area contributed by atoms with Crippen LogP contribution < -0.4 is 10.6 Å². The molecule has 0 aromatic heterocycles. The van der Waals surface area contributed by atoms with E-state index in [1.54, 1.807) is 0 Å². The van der Waals surface area contributed by atoms with Gasteiger partial charge in [0.2, 0.25) is 5.91 Å². The molecule has 3 aliphatic carbocycles. The molecule has 0 heterocycles. The molecule has 3 aliphatic rings. The Morgan fingerprint density at radius 3 is 2.20 bits per heavy atom. The zero-order chi connectivity index (χ0) is 24.4. The number of ether oxygens (including phenoxy) is 1. The van der Waals surface area contributed by atoms with Crippen molar-refractivity contribution >= 4 is 18.0 Å². The molecule has 7 nitrogen and oxygen atoms in total. The van der Waals surface area contributed by atoms with Crippen molar-refractivity contribution < 1.29 is 24.2 Å². The minimum atomic E-state index is -0.886. The number of carbonyl (C=O) groups excluding carboxylic acids is 2. The SMILES string of the molecule is O=C(O)CC1(NC(=O)[C@@H]2CCC[C@@H](NC(=O)OCC3c4ccccc4-c4ccccc43)C2)CCC1. The van der Waals surface area contributed by atoms with E-state index in [2.05, 4.69) is 34.9 Å². The second-order valence-corrected chi connectivity index (χ2v) is 10.2. The smallest absolute Gasteiger partial charge is 0.407 e. The Balaban J connectivity index is 1.15. The van der Waals surface area contributed by atoms with Crippen molar-refractivity contribution in [3.05, 3.63) is 59.7 Å². The van der Waals surface area contributed by atoms with Crippen molar-refractivity contribution in [1.29, 1.82) is 0 Å². The lowest BCUT2D eigenvalue weighted by Crippen LogP contribution is -2.56. The summed E-state index contributed by atoms with van der Waals surface area (Å²) >= 11 is 0. The van der Waals surface area contributed by atoms with Crippen LogP contribution in [0.5, 0.6) is 0 Å². The first-order chi connectivity index (χ1) is 16.9. The van der Waals surface area contributed by atoms with E-state index in [4.69, 9.17) is 4.74 Å². The van der Waals surface area contributed by atoms with Crippen LogP contribution in [0.2, 0.25) is 0 Å².